The predicted octanol–water partition coefficient (Wildman–Crippen LogP) is 2.00. The lowest BCUT2D eigenvalue weighted by atomic mass is 9.88. The molecule has 1 aromatic heterocycles. The van der Waals surface area contributed by atoms with Crippen LogP contribution in [0.4, 0.5) is 10.8 Å². The smallest absolute Gasteiger partial charge is 0.182 e. The Balaban J connectivity index is 1.80. The highest BCUT2D eigenvalue weighted by Gasteiger charge is 2.40. The molecule has 0 saturated heterocycles. The molecule has 3 rings (SSSR count). The van der Waals surface area contributed by atoms with Gasteiger partial charge in [-0.2, -0.15) is 4.37 Å². The molecular formula is C13H21N3O2S2. The summed E-state index contributed by atoms with van der Waals surface area (Å²) in [6.07, 6.45) is 6.57. The maximum atomic E-state index is 11.9. The molecule has 1 aromatic rings. The van der Waals surface area contributed by atoms with Gasteiger partial charge >= 0.3 is 0 Å². The topological polar surface area (TPSA) is 76.3 Å². The van der Waals surface area contributed by atoms with Gasteiger partial charge in [-0.1, -0.05) is 6.42 Å². The molecule has 2 bridgehead atoms. The van der Waals surface area contributed by atoms with Crippen molar-refractivity contribution < 1.29 is 8.42 Å². The third-order valence-electron chi connectivity index (χ3n) is 4.77. The van der Waals surface area contributed by atoms with Crippen molar-refractivity contribution >= 4 is 32.2 Å². The van der Waals surface area contributed by atoms with Crippen LogP contribution >= 0.6 is 11.5 Å². The molecule has 2 N–H and O–H groups in total. The van der Waals surface area contributed by atoms with Crippen LogP contribution < -0.4 is 10.6 Å². The largest absolute Gasteiger partial charge is 0.382 e. The molecule has 112 valence electrons. The van der Waals surface area contributed by atoms with E-state index in [9.17, 15) is 8.42 Å². The lowest BCUT2D eigenvalue weighted by Crippen LogP contribution is -2.28. The quantitative estimate of drug-likeness (QED) is 0.919. The second kappa shape index (κ2) is 4.87. The molecule has 2 saturated carbocycles. The number of rotatable bonds is 4. The van der Waals surface area contributed by atoms with Gasteiger partial charge in [0, 0.05) is 19.8 Å². The van der Waals surface area contributed by atoms with Crippen molar-refractivity contribution in [1.82, 2.24) is 4.37 Å². The summed E-state index contributed by atoms with van der Waals surface area (Å²) in [6, 6.07) is 0. The van der Waals surface area contributed by atoms with Crippen LogP contribution in [0.25, 0.3) is 0 Å². The second-order valence-corrected chi connectivity index (χ2v) is 8.99. The summed E-state index contributed by atoms with van der Waals surface area (Å²) in [5.41, 5.74) is 5.73. The zero-order valence-corrected chi connectivity index (χ0v) is 13.5. The van der Waals surface area contributed by atoms with Gasteiger partial charge in [0.2, 0.25) is 0 Å². The van der Waals surface area contributed by atoms with E-state index in [1.807, 2.05) is 11.9 Å². The third kappa shape index (κ3) is 2.41. The summed E-state index contributed by atoms with van der Waals surface area (Å²) in [7, 11) is -1.38. The van der Waals surface area contributed by atoms with Crippen molar-refractivity contribution in [2.75, 3.05) is 30.5 Å². The lowest BCUT2D eigenvalue weighted by Gasteiger charge is -2.27. The Labute approximate surface area is 124 Å². The van der Waals surface area contributed by atoms with E-state index < -0.39 is 9.84 Å². The molecule has 7 heteroatoms. The van der Waals surface area contributed by atoms with Gasteiger partial charge in [0.15, 0.2) is 15.7 Å². The minimum atomic E-state index is -3.33. The van der Waals surface area contributed by atoms with E-state index in [1.165, 1.54) is 43.5 Å². The van der Waals surface area contributed by atoms with Crippen LogP contribution in [0.15, 0.2) is 4.90 Å². The number of anilines is 2. The Bertz CT molecular complexity index is 611. The van der Waals surface area contributed by atoms with Gasteiger partial charge < -0.3 is 10.6 Å². The Hall–Kier alpha value is -0.820. The molecule has 0 aromatic carbocycles. The Morgan fingerprint density at radius 3 is 2.70 bits per heavy atom. The maximum Gasteiger partial charge on any atom is 0.182 e. The van der Waals surface area contributed by atoms with Gasteiger partial charge in [-0.3, -0.25) is 0 Å². The first kappa shape index (κ1) is 14.1. The van der Waals surface area contributed by atoms with Crippen LogP contribution in [-0.4, -0.2) is 32.6 Å². The first-order valence-electron chi connectivity index (χ1n) is 7.02. The number of nitrogen functional groups attached to an aromatic ring is 1. The number of hydrogen-bond donors (Lipinski definition) is 1. The SMILES string of the molecule is CN(CC1CC2CCC1C2)c1snc(N)c1S(C)(=O)=O. The third-order valence-corrected chi connectivity index (χ3v) is 7.02. The zero-order chi connectivity index (χ0) is 14.5. The first-order valence-corrected chi connectivity index (χ1v) is 9.69. The van der Waals surface area contributed by atoms with Crippen LogP contribution in [0.3, 0.4) is 0 Å². The van der Waals surface area contributed by atoms with Crippen LogP contribution in [0.1, 0.15) is 25.7 Å². The van der Waals surface area contributed by atoms with Crippen LogP contribution in [0.5, 0.6) is 0 Å². The van der Waals surface area contributed by atoms with Crippen molar-refractivity contribution in [2.45, 2.75) is 30.6 Å². The Kier molecular flexibility index (Phi) is 3.44. The fraction of sp³-hybridized carbons (Fsp3) is 0.769. The molecule has 5 nitrogen and oxygen atoms in total. The predicted molar refractivity (Wildman–Crippen MR) is 81.8 cm³/mol. The summed E-state index contributed by atoms with van der Waals surface area (Å²) < 4.78 is 27.8. The minimum Gasteiger partial charge on any atom is -0.382 e. The number of fused-ring (bicyclic) bond motifs is 2. The van der Waals surface area contributed by atoms with Gasteiger partial charge in [-0.05, 0) is 48.5 Å². The highest BCUT2D eigenvalue weighted by Crippen LogP contribution is 2.49. The number of aromatic nitrogens is 1. The summed E-state index contributed by atoms with van der Waals surface area (Å²) >= 11 is 1.19. The summed E-state index contributed by atoms with van der Waals surface area (Å²) in [5.74, 6) is 2.55. The number of sulfone groups is 1. The van der Waals surface area contributed by atoms with Crippen molar-refractivity contribution in [3.8, 4) is 0 Å². The fourth-order valence-corrected chi connectivity index (χ4v) is 6.11. The standard InChI is InChI=1S/C13H21N3O2S2/c1-16(7-10-6-8-3-4-9(10)5-8)13-11(20(2,17)18)12(14)15-19-13/h8-10H,3-7H2,1-2H3,(H2,14,15). The zero-order valence-electron chi connectivity index (χ0n) is 11.9. The van der Waals surface area contributed by atoms with E-state index in [-0.39, 0.29) is 10.7 Å². The van der Waals surface area contributed by atoms with Crippen molar-refractivity contribution in [3.05, 3.63) is 0 Å². The van der Waals surface area contributed by atoms with Gasteiger partial charge in [-0.15, -0.1) is 0 Å². The molecule has 1 heterocycles. The Morgan fingerprint density at radius 1 is 1.40 bits per heavy atom. The molecule has 2 aliphatic carbocycles. The average Bonchev–Trinajstić information content (AvgIpc) is 3.01. The average molecular weight is 315 g/mol. The molecule has 3 unspecified atom stereocenters. The number of hydrogen-bond acceptors (Lipinski definition) is 6. The minimum absolute atomic E-state index is 0.132. The van der Waals surface area contributed by atoms with E-state index in [1.54, 1.807) is 0 Å². The number of nitrogens with zero attached hydrogens (tertiary/aromatic N) is 2. The molecule has 0 amide bonds. The monoisotopic (exact) mass is 315 g/mol. The number of nitrogens with two attached hydrogens (primary N) is 1. The van der Waals surface area contributed by atoms with E-state index in [4.69, 9.17) is 5.73 Å². The molecule has 3 atom stereocenters. The van der Waals surface area contributed by atoms with Crippen molar-refractivity contribution in [3.63, 3.8) is 0 Å². The molecule has 0 radical (unpaired) electrons. The Morgan fingerprint density at radius 2 is 2.15 bits per heavy atom. The van der Waals surface area contributed by atoms with E-state index in [0.717, 1.165) is 18.4 Å². The highest BCUT2D eigenvalue weighted by atomic mass is 32.2. The van der Waals surface area contributed by atoms with Crippen molar-refractivity contribution in [2.24, 2.45) is 17.8 Å². The van der Waals surface area contributed by atoms with E-state index >= 15 is 0 Å². The van der Waals surface area contributed by atoms with Crippen LogP contribution in [0.2, 0.25) is 0 Å². The van der Waals surface area contributed by atoms with Gasteiger partial charge in [-0.25, -0.2) is 8.42 Å². The van der Waals surface area contributed by atoms with E-state index in [2.05, 4.69) is 4.37 Å². The van der Waals surface area contributed by atoms with Crippen LogP contribution in [0, 0.1) is 17.8 Å². The maximum absolute atomic E-state index is 11.9. The highest BCUT2D eigenvalue weighted by molar-refractivity contribution is 7.91. The fourth-order valence-electron chi connectivity index (χ4n) is 3.91. The molecule has 0 spiro atoms. The lowest BCUT2D eigenvalue weighted by molar-refractivity contribution is 0.337. The molecule has 2 fully saturated rings. The van der Waals surface area contributed by atoms with Gasteiger partial charge in [0.25, 0.3) is 0 Å². The van der Waals surface area contributed by atoms with Crippen LogP contribution in [-0.2, 0) is 9.84 Å². The normalized spacial score (nSPS) is 29.0. The van der Waals surface area contributed by atoms with Crippen molar-refractivity contribution in [1.29, 1.82) is 0 Å². The summed E-state index contributed by atoms with van der Waals surface area (Å²) in [6.45, 7) is 0.908. The second-order valence-electron chi connectivity index (χ2n) is 6.29. The molecule has 0 aliphatic heterocycles. The van der Waals surface area contributed by atoms with Gasteiger partial charge in [0.05, 0.1) is 0 Å². The molecule has 2 aliphatic rings. The van der Waals surface area contributed by atoms with E-state index in [0.29, 0.717) is 10.9 Å². The first-order chi connectivity index (χ1) is 9.36. The molecular weight excluding hydrogens is 294 g/mol. The molecule has 20 heavy (non-hydrogen) atoms. The summed E-state index contributed by atoms with van der Waals surface area (Å²) in [4.78, 5) is 2.24. The summed E-state index contributed by atoms with van der Waals surface area (Å²) in [5, 5.41) is 0.688. The van der Waals surface area contributed by atoms with Gasteiger partial charge in [0.1, 0.15) is 9.90 Å².